The van der Waals surface area contributed by atoms with Gasteiger partial charge in [-0.1, -0.05) is 0 Å². The molecule has 2 rings (SSSR count). The van der Waals surface area contributed by atoms with Crippen LogP contribution >= 0.6 is 0 Å². The van der Waals surface area contributed by atoms with E-state index in [0.29, 0.717) is 5.75 Å². The molecule has 1 aliphatic heterocycles. The van der Waals surface area contributed by atoms with Crippen LogP contribution in [0.3, 0.4) is 0 Å². The highest BCUT2D eigenvalue weighted by molar-refractivity contribution is 7.89. The van der Waals surface area contributed by atoms with Gasteiger partial charge in [0.1, 0.15) is 5.75 Å². The molecule has 0 bridgehead atoms. The second-order valence-corrected chi connectivity index (χ2v) is 6.75. The first-order valence-corrected chi connectivity index (χ1v) is 8.15. The molecule has 22 heavy (non-hydrogen) atoms. The van der Waals surface area contributed by atoms with Crippen LogP contribution in [0.4, 0.5) is 5.69 Å². The summed E-state index contributed by atoms with van der Waals surface area (Å²) < 4.78 is 27.2. The third kappa shape index (κ3) is 3.55. The molecule has 1 aliphatic rings. The molecule has 1 aromatic rings. The summed E-state index contributed by atoms with van der Waals surface area (Å²) in [6, 6.07) is 4.33. The molecule has 0 radical (unpaired) electrons. The Morgan fingerprint density at radius 1 is 1.50 bits per heavy atom. The molecule has 120 valence electrons. The van der Waals surface area contributed by atoms with Crippen molar-refractivity contribution < 1.29 is 27.9 Å². The minimum atomic E-state index is -3.69. The Morgan fingerprint density at radius 3 is 2.73 bits per heavy atom. The van der Waals surface area contributed by atoms with Crippen molar-refractivity contribution >= 4 is 27.6 Å². The molecule has 1 amide bonds. The number of nitrogens with two attached hydrogens (primary N) is 1. The number of carbonyl (C=O) groups is 2. The van der Waals surface area contributed by atoms with Gasteiger partial charge in [-0.3, -0.25) is 4.79 Å². The van der Waals surface area contributed by atoms with Gasteiger partial charge < -0.3 is 14.7 Å². The van der Waals surface area contributed by atoms with Gasteiger partial charge in [0.2, 0.25) is 15.9 Å². The van der Waals surface area contributed by atoms with E-state index in [0.717, 1.165) is 0 Å². The molecular formula is C13H16N2O6S. The Kier molecular flexibility index (Phi) is 4.38. The molecule has 1 atom stereocenters. The number of aromatic carboxylic acids is 1. The van der Waals surface area contributed by atoms with Crippen molar-refractivity contribution in [3.05, 3.63) is 23.8 Å². The van der Waals surface area contributed by atoms with Crippen LogP contribution in [0.15, 0.2) is 18.2 Å². The lowest BCUT2D eigenvalue weighted by Gasteiger charge is -2.19. The highest BCUT2D eigenvalue weighted by Gasteiger charge is 2.34. The van der Waals surface area contributed by atoms with E-state index in [4.69, 9.17) is 9.88 Å². The Hall–Kier alpha value is -2.13. The van der Waals surface area contributed by atoms with Gasteiger partial charge in [0, 0.05) is 18.9 Å². The van der Waals surface area contributed by atoms with Crippen molar-refractivity contribution in [1.29, 1.82) is 0 Å². The maximum Gasteiger partial charge on any atom is 0.337 e. The zero-order valence-electron chi connectivity index (χ0n) is 11.9. The molecule has 1 fully saturated rings. The average molecular weight is 328 g/mol. The fraction of sp³-hybridized carbons (Fsp3) is 0.385. The number of hydrogen-bond donors (Lipinski definition) is 2. The highest BCUT2D eigenvalue weighted by atomic mass is 32.2. The number of hydrogen-bond acceptors (Lipinski definition) is 5. The fourth-order valence-corrected chi connectivity index (χ4v) is 3.38. The first-order chi connectivity index (χ1) is 10.2. The van der Waals surface area contributed by atoms with Crippen LogP contribution in [0, 0.1) is 5.92 Å². The minimum Gasteiger partial charge on any atom is -0.497 e. The topological polar surface area (TPSA) is 127 Å². The normalized spacial score (nSPS) is 18.5. The quantitative estimate of drug-likeness (QED) is 0.785. The Balaban J connectivity index is 2.32. The van der Waals surface area contributed by atoms with Crippen molar-refractivity contribution in [3.8, 4) is 5.75 Å². The summed E-state index contributed by atoms with van der Waals surface area (Å²) in [6.07, 6.45) is 0.0154. The molecule has 8 nitrogen and oxygen atoms in total. The first kappa shape index (κ1) is 16.2. The summed E-state index contributed by atoms with van der Waals surface area (Å²) in [5.74, 6) is -1.94. The van der Waals surface area contributed by atoms with Crippen molar-refractivity contribution in [3.63, 3.8) is 0 Å². The van der Waals surface area contributed by atoms with E-state index < -0.39 is 21.9 Å². The van der Waals surface area contributed by atoms with Crippen LogP contribution < -0.4 is 14.8 Å². The van der Waals surface area contributed by atoms with Crippen LogP contribution in [-0.4, -0.2) is 44.8 Å². The molecule has 0 aromatic heterocycles. The van der Waals surface area contributed by atoms with Gasteiger partial charge in [-0.15, -0.1) is 0 Å². The fourth-order valence-electron chi connectivity index (χ4n) is 2.50. The number of amides is 1. The first-order valence-electron chi connectivity index (χ1n) is 6.43. The lowest BCUT2D eigenvalue weighted by atomic mass is 10.1. The van der Waals surface area contributed by atoms with Gasteiger partial charge in [0.05, 0.1) is 24.1 Å². The molecule has 1 aromatic carbocycles. The van der Waals surface area contributed by atoms with E-state index in [-0.39, 0.29) is 35.9 Å². The molecule has 0 aliphatic carbocycles. The number of rotatable bonds is 5. The molecule has 0 saturated carbocycles. The molecule has 3 N–H and O–H groups in total. The number of carboxylic acid groups (broad SMARTS) is 1. The second kappa shape index (κ2) is 5.93. The molecule has 1 heterocycles. The van der Waals surface area contributed by atoms with E-state index in [1.807, 2.05) is 0 Å². The van der Waals surface area contributed by atoms with Crippen LogP contribution in [0.25, 0.3) is 0 Å². The summed E-state index contributed by atoms with van der Waals surface area (Å²) >= 11 is 0. The number of carboxylic acids is 1. The maximum absolute atomic E-state index is 12.1. The second-order valence-electron chi connectivity index (χ2n) is 5.09. The third-order valence-corrected chi connectivity index (χ3v) is 4.33. The number of sulfonamides is 1. The largest absolute Gasteiger partial charge is 0.497 e. The number of primary sulfonamides is 1. The molecule has 1 unspecified atom stereocenters. The van der Waals surface area contributed by atoms with Crippen LogP contribution in [-0.2, 0) is 14.8 Å². The Labute approximate surface area is 127 Å². The zero-order chi connectivity index (χ0) is 16.5. The maximum atomic E-state index is 12.1. The number of anilines is 1. The smallest absolute Gasteiger partial charge is 0.337 e. The predicted molar refractivity (Wildman–Crippen MR) is 78.4 cm³/mol. The number of ether oxygens (including phenoxy) is 1. The van der Waals surface area contributed by atoms with Crippen LogP contribution in [0.5, 0.6) is 5.75 Å². The van der Waals surface area contributed by atoms with E-state index in [1.165, 1.54) is 24.1 Å². The lowest BCUT2D eigenvalue weighted by Crippen LogP contribution is -2.28. The number of benzene rings is 1. The summed E-state index contributed by atoms with van der Waals surface area (Å²) in [7, 11) is -2.28. The van der Waals surface area contributed by atoms with Gasteiger partial charge in [-0.2, -0.15) is 0 Å². The van der Waals surface area contributed by atoms with Crippen molar-refractivity contribution in [2.45, 2.75) is 6.42 Å². The highest BCUT2D eigenvalue weighted by Crippen LogP contribution is 2.31. The van der Waals surface area contributed by atoms with Gasteiger partial charge in [-0.25, -0.2) is 18.4 Å². The van der Waals surface area contributed by atoms with Gasteiger partial charge >= 0.3 is 5.97 Å². The molecular weight excluding hydrogens is 312 g/mol. The minimum absolute atomic E-state index is 0.0154. The summed E-state index contributed by atoms with van der Waals surface area (Å²) in [5.41, 5.74) is 0.138. The number of nitrogens with zero attached hydrogens (tertiary/aromatic N) is 1. The zero-order valence-corrected chi connectivity index (χ0v) is 12.7. The Bertz CT molecular complexity index is 715. The van der Waals surface area contributed by atoms with E-state index in [1.54, 1.807) is 6.07 Å². The Morgan fingerprint density at radius 2 is 2.18 bits per heavy atom. The van der Waals surface area contributed by atoms with Crippen LogP contribution in [0.2, 0.25) is 0 Å². The molecule has 1 saturated heterocycles. The van der Waals surface area contributed by atoms with Gasteiger partial charge in [-0.05, 0) is 18.2 Å². The van der Waals surface area contributed by atoms with Crippen molar-refractivity contribution in [2.75, 3.05) is 24.3 Å². The van der Waals surface area contributed by atoms with Gasteiger partial charge in [0.25, 0.3) is 0 Å². The van der Waals surface area contributed by atoms with Gasteiger partial charge in [0.15, 0.2) is 0 Å². The summed E-state index contributed by atoms with van der Waals surface area (Å²) in [6.45, 7) is 0.113. The van der Waals surface area contributed by atoms with Crippen molar-refractivity contribution in [1.82, 2.24) is 0 Å². The average Bonchev–Trinajstić information content (AvgIpc) is 2.76. The third-order valence-electron chi connectivity index (χ3n) is 3.40. The summed E-state index contributed by atoms with van der Waals surface area (Å²) in [4.78, 5) is 24.7. The van der Waals surface area contributed by atoms with E-state index in [2.05, 4.69) is 0 Å². The number of methoxy groups -OCH3 is 1. The van der Waals surface area contributed by atoms with E-state index >= 15 is 0 Å². The number of carbonyl (C=O) groups excluding carboxylic acids is 1. The standard InChI is InChI=1S/C13H16N2O6S/c1-21-9-2-3-11(10(5-9)13(17)18)15-6-8(4-12(15)16)7-22(14,19)20/h2-3,5,8H,4,6-7H2,1H3,(H,17,18)(H2,14,19,20). The molecule has 0 spiro atoms. The van der Waals surface area contributed by atoms with Crippen LogP contribution in [0.1, 0.15) is 16.8 Å². The SMILES string of the molecule is COc1ccc(N2CC(CS(N)(=O)=O)CC2=O)c(C(=O)O)c1. The predicted octanol–water partition coefficient (Wildman–Crippen LogP) is 0.0348. The molecule has 9 heteroatoms. The lowest BCUT2D eigenvalue weighted by molar-refractivity contribution is -0.117. The van der Waals surface area contributed by atoms with Crippen molar-refractivity contribution in [2.24, 2.45) is 11.1 Å². The monoisotopic (exact) mass is 328 g/mol. The van der Waals surface area contributed by atoms with E-state index in [9.17, 15) is 23.1 Å². The summed E-state index contributed by atoms with van der Waals surface area (Å²) in [5, 5.41) is 14.3.